The maximum absolute atomic E-state index is 6.06. The van der Waals surface area contributed by atoms with Gasteiger partial charge in [-0.25, -0.2) is 0 Å². The molecule has 2 aliphatic rings. The van der Waals surface area contributed by atoms with E-state index in [1.165, 1.54) is 5.56 Å². The fourth-order valence-electron chi connectivity index (χ4n) is 2.53. The molecule has 3 nitrogen and oxygen atoms in total. The van der Waals surface area contributed by atoms with E-state index in [0.717, 1.165) is 25.1 Å². The fourth-order valence-corrected chi connectivity index (χ4v) is 2.53. The second-order valence-electron chi connectivity index (χ2n) is 6.94. The summed E-state index contributed by atoms with van der Waals surface area (Å²) in [4.78, 5) is 0. The first kappa shape index (κ1) is 14.1. The van der Waals surface area contributed by atoms with E-state index in [-0.39, 0.29) is 18.3 Å². The van der Waals surface area contributed by atoms with Crippen LogP contribution in [0.5, 0.6) is 0 Å². The quantitative estimate of drug-likeness (QED) is 0.791. The first-order chi connectivity index (χ1) is 9.37. The molecule has 0 aromatic heterocycles. The van der Waals surface area contributed by atoms with Gasteiger partial charge in [0.25, 0.3) is 0 Å². The summed E-state index contributed by atoms with van der Waals surface area (Å²) in [5.74, 6) is 0.692. The maximum atomic E-state index is 6.06. The molecule has 0 spiro atoms. The Morgan fingerprint density at radius 2 is 1.55 bits per heavy atom. The predicted molar refractivity (Wildman–Crippen MR) is 80.2 cm³/mol. The molecular formula is C16H23BO3. The fraction of sp³-hybridized carbons (Fsp3) is 0.625. The molecule has 108 valence electrons. The zero-order valence-electron chi connectivity index (χ0n) is 12.8. The Labute approximate surface area is 121 Å². The lowest BCUT2D eigenvalue weighted by Crippen LogP contribution is -2.41. The van der Waals surface area contributed by atoms with Gasteiger partial charge in [-0.2, -0.15) is 0 Å². The number of hydrogen-bond donors (Lipinski definition) is 0. The Bertz CT molecular complexity index is 461. The van der Waals surface area contributed by atoms with Crippen molar-refractivity contribution in [1.29, 1.82) is 0 Å². The van der Waals surface area contributed by atoms with E-state index in [1.807, 2.05) is 0 Å². The van der Waals surface area contributed by atoms with Crippen LogP contribution in [0.4, 0.5) is 0 Å². The van der Waals surface area contributed by atoms with Crippen LogP contribution in [0.1, 0.15) is 33.3 Å². The Hall–Kier alpha value is -0.835. The van der Waals surface area contributed by atoms with Crippen molar-refractivity contribution in [1.82, 2.24) is 0 Å². The molecule has 0 radical (unpaired) electrons. The molecule has 2 aliphatic heterocycles. The van der Waals surface area contributed by atoms with E-state index in [2.05, 4.69) is 52.0 Å². The smallest absolute Gasteiger partial charge is 0.399 e. The Morgan fingerprint density at radius 1 is 1.00 bits per heavy atom. The minimum absolute atomic E-state index is 0.263. The Morgan fingerprint density at radius 3 is 2.00 bits per heavy atom. The van der Waals surface area contributed by atoms with Gasteiger partial charge in [0.2, 0.25) is 0 Å². The molecule has 0 amide bonds. The van der Waals surface area contributed by atoms with Crippen molar-refractivity contribution in [2.24, 2.45) is 5.92 Å². The van der Waals surface area contributed by atoms with Crippen LogP contribution in [0.15, 0.2) is 24.3 Å². The van der Waals surface area contributed by atoms with Crippen LogP contribution in [-0.4, -0.2) is 31.5 Å². The van der Waals surface area contributed by atoms with E-state index in [1.54, 1.807) is 0 Å². The van der Waals surface area contributed by atoms with E-state index in [0.29, 0.717) is 5.92 Å². The normalized spacial score (nSPS) is 24.7. The van der Waals surface area contributed by atoms with Gasteiger partial charge in [-0.05, 0) is 45.1 Å². The second-order valence-corrected chi connectivity index (χ2v) is 6.94. The van der Waals surface area contributed by atoms with Crippen LogP contribution in [-0.2, 0) is 20.5 Å². The molecule has 0 aliphatic carbocycles. The molecule has 4 heteroatoms. The molecule has 2 heterocycles. The predicted octanol–water partition coefficient (Wildman–Crippen LogP) is 2.17. The summed E-state index contributed by atoms with van der Waals surface area (Å²) in [5.41, 5.74) is 1.90. The van der Waals surface area contributed by atoms with Crippen molar-refractivity contribution in [2.75, 3.05) is 13.2 Å². The SMILES string of the molecule is CC1(C)OB(c2ccc(CC3COC3)cc2)OC1(C)C. The second kappa shape index (κ2) is 4.87. The molecule has 1 aromatic rings. The van der Waals surface area contributed by atoms with Gasteiger partial charge in [-0.1, -0.05) is 24.3 Å². The van der Waals surface area contributed by atoms with E-state index in [4.69, 9.17) is 14.0 Å². The van der Waals surface area contributed by atoms with Gasteiger partial charge in [0.1, 0.15) is 0 Å². The van der Waals surface area contributed by atoms with Gasteiger partial charge in [-0.15, -0.1) is 0 Å². The van der Waals surface area contributed by atoms with Crippen LogP contribution in [0.25, 0.3) is 0 Å². The van der Waals surface area contributed by atoms with Crippen molar-refractivity contribution >= 4 is 12.6 Å². The summed E-state index contributed by atoms with van der Waals surface area (Å²) in [7, 11) is -0.263. The molecular weight excluding hydrogens is 251 g/mol. The van der Waals surface area contributed by atoms with Crippen LogP contribution in [0, 0.1) is 5.92 Å². The minimum atomic E-state index is -0.278. The number of benzene rings is 1. The maximum Gasteiger partial charge on any atom is 0.494 e. The molecule has 1 aromatic carbocycles. The zero-order chi connectivity index (χ0) is 14.4. The summed E-state index contributed by atoms with van der Waals surface area (Å²) >= 11 is 0. The van der Waals surface area contributed by atoms with E-state index < -0.39 is 0 Å². The molecule has 0 atom stereocenters. The number of ether oxygens (including phenoxy) is 1. The van der Waals surface area contributed by atoms with Gasteiger partial charge in [-0.3, -0.25) is 0 Å². The van der Waals surface area contributed by atoms with Gasteiger partial charge in [0.15, 0.2) is 0 Å². The van der Waals surface area contributed by atoms with E-state index >= 15 is 0 Å². The largest absolute Gasteiger partial charge is 0.494 e. The zero-order valence-corrected chi connectivity index (χ0v) is 12.8. The van der Waals surface area contributed by atoms with Gasteiger partial charge < -0.3 is 14.0 Å². The average Bonchev–Trinajstić information content (AvgIpc) is 2.54. The van der Waals surface area contributed by atoms with Crippen LogP contribution in [0.3, 0.4) is 0 Å². The highest BCUT2D eigenvalue weighted by Crippen LogP contribution is 2.36. The molecule has 20 heavy (non-hydrogen) atoms. The van der Waals surface area contributed by atoms with Crippen molar-refractivity contribution in [3.05, 3.63) is 29.8 Å². The average molecular weight is 274 g/mol. The number of rotatable bonds is 3. The third kappa shape index (κ3) is 2.52. The molecule has 0 bridgehead atoms. The van der Waals surface area contributed by atoms with Crippen LogP contribution in [0.2, 0.25) is 0 Å². The van der Waals surface area contributed by atoms with Crippen molar-refractivity contribution in [2.45, 2.75) is 45.3 Å². The molecule has 2 saturated heterocycles. The summed E-state index contributed by atoms with van der Waals surface area (Å²) in [6, 6.07) is 8.60. The first-order valence-electron chi connectivity index (χ1n) is 7.40. The Kier molecular flexibility index (Phi) is 3.43. The summed E-state index contributed by atoms with van der Waals surface area (Å²) < 4.78 is 17.3. The van der Waals surface area contributed by atoms with Crippen LogP contribution >= 0.6 is 0 Å². The summed E-state index contributed by atoms with van der Waals surface area (Å²) in [6.07, 6.45) is 1.10. The lowest BCUT2D eigenvalue weighted by Gasteiger charge is -2.32. The highest BCUT2D eigenvalue weighted by molar-refractivity contribution is 6.62. The van der Waals surface area contributed by atoms with Crippen molar-refractivity contribution in [3.8, 4) is 0 Å². The lowest BCUT2D eigenvalue weighted by atomic mass is 9.78. The number of hydrogen-bond acceptors (Lipinski definition) is 3. The highest BCUT2D eigenvalue weighted by Gasteiger charge is 2.51. The van der Waals surface area contributed by atoms with Gasteiger partial charge >= 0.3 is 7.12 Å². The van der Waals surface area contributed by atoms with E-state index in [9.17, 15) is 0 Å². The molecule has 2 fully saturated rings. The molecule has 0 N–H and O–H groups in total. The highest BCUT2D eigenvalue weighted by atomic mass is 16.7. The standard InChI is InChI=1S/C16H23BO3/c1-15(2)16(3,4)20-17(19-15)14-7-5-12(6-8-14)9-13-10-18-11-13/h5-8,13H,9-11H2,1-4H3. The van der Waals surface area contributed by atoms with Crippen molar-refractivity contribution < 1.29 is 14.0 Å². The third-order valence-electron chi connectivity index (χ3n) is 4.74. The van der Waals surface area contributed by atoms with Crippen LogP contribution < -0.4 is 5.46 Å². The molecule has 0 saturated carbocycles. The summed E-state index contributed by atoms with van der Waals surface area (Å²) in [6.45, 7) is 10.1. The lowest BCUT2D eigenvalue weighted by molar-refractivity contribution is -0.0312. The topological polar surface area (TPSA) is 27.7 Å². The first-order valence-corrected chi connectivity index (χ1v) is 7.40. The van der Waals surface area contributed by atoms with Gasteiger partial charge in [0, 0.05) is 5.92 Å². The Balaban J connectivity index is 1.69. The minimum Gasteiger partial charge on any atom is -0.399 e. The summed E-state index contributed by atoms with van der Waals surface area (Å²) in [5, 5.41) is 0. The monoisotopic (exact) mass is 274 g/mol. The third-order valence-corrected chi connectivity index (χ3v) is 4.74. The van der Waals surface area contributed by atoms with Gasteiger partial charge in [0.05, 0.1) is 24.4 Å². The molecule has 0 unspecified atom stereocenters. The molecule has 3 rings (SSSR count). The van der Waals surface area contributed by atoms with Crippen molar-refractivity contribution in [3.63, 3.8) is 0 Å².